The Morgan fingerprint density at radius 1 is 1.14 bits per heavy atom. The molecule has 0 aliphatic heterocycles. The lowest BCUT2D eigenvalue weighted by molar-refractivity contribution is 0.213. The normalized spacial score (nSPS) is 12.9. The minimum Gasteiger partial charge on any atom is -0.493 e. The van der Waals surface area contributed by atoms with Crippen molar-refractivity contribution in [2.45, 2.75) is 33.8 Å². The van der Waals surface area contributed by atoms with Crippen LogP contribution in [0.2, 0.25) is 0 Å². The van der Waals surface area contributed by atoms with Crippen LogP contribution in [-0.4, -0.2) is 38.8 Å². The summed E-state index contributed by atoms with van der Waals surface area (Å²) in [6.07, 6.45) is -0.000735. The van der Waals surface area contributed by atoms with E-state index in [-0.39, 0.29) is 6.10 Å². The van der Waals surface area contributed by atoms with Gasteiger partial charge in [0.1, 0.15) is 6.10 Å². The van der Waals surface area contributed by atoms with Gasteiger partial charge >= 0.3 is 0 Å². The third kappa shape index (κ3) is 6.70. The average Bonchev–Trinajstić information content (AvgIpc) is 2.50. The maximum Gasteiger partial charge on any atom is 0.191 e. The number of hydrogen-bond donors (Lipinski definition) is 2. The molecule has 0 bridgehead atoms. The first kappa shape index (κ1) is 18.1. The molecule has 22 heavy (non-hydrogen) atoms. The number of rotatable bonds is 8. The first-order chi connectivity index (χ1) is 10.6. The molecule has 5 nitrogen and oxygen atoms in total. The molecule has 0 saturated heterocycles. The Labute approximate surface area is 134 Å². The zero-order valence-electron chi connectivity index (χ0n) is 14.3. The highest BCUT2D eigenvalue weighted by Crippen LogP contribution is 2.26. The zero-order chi connectivity index (χ0) is 16.4. The lowest BCUT2D eigenvalue weighted by Crippen LogP contribution is -2.42. The second-order valence-corrected chi connectivity index (χ2v) is 5.57. The Hall–Kier alpha value is -1.91. The summed E-state index contributed by atoms with van der Waals surface area (Å²) in [5.74, 6) is 2.86. The summed E-state index contributed by atoms with van der Waals surface area (Å²) in [5, 5.41) is 6.54. The Kier molecular flexibility index (Phi) is 8.18. The smallest absolute Gasteiger partial charge is 0.191 e. The number of para-hydroxylation sites is 2. The van der Waals surface area contributed by atoms with E-state index in [1.54, 1.807) is 7.11 Å². The minimum absolute atomic E-state index is 0.000735. The van der Waals surface area contributed by atoms with Crippen LogP contribution in [0.5, 0.6) is 11.5 Å². The Morgan fingerprint density at radius 2 is 1.82 bits per heavy atom. The van der Waals surface area contributed by atoms with Gasteiger partial charge in [-0.25, -0.2) is 0 Å². The largest absolute Gasteiger partial charge is 0.493 e. The van der Waals surface area contributed by atoms with E-state index in [1.165, 1.54) is 0 Å². The first-order valence-corrected chi connectivity index (χ1v) is 7.88. The number of aliphatic imine (C=N–C) groups is 1. The molecule has 0 heterocycles. The van der Waals surface area contributed by atoms with E-state index in [0.29, 0.717) is 12.5 Å². The molecule has 0 fully saturated rings. The van der Waals surface area contributed by atoms with Crippen LogP contribution in [0.1, 0.15) is 27.7 Å². The van der Waals surface area contributed by atoms with Crippen LogP contribution in [0.25, 0.3) is 0 Å². The van der Waals surface area contributed by atoms with Crippen molar-refractivity contribution < 1.29 is 9.47 Å². The van der Waals surface area contributed by atoms with E-state index >= 15 is 0 Å². The van der Waals surface area contributed by atoms with Crippen molar-refractivity contribution >= 4 is 5.96 Å². The van der Waals surface area contributed by atoms with Crippen LogP contribution in [0, 0.1) is 5.92 Å². The first-order valence-electron chi connectivity index (χ1n) is 7.88. The number of benzene rings is 1. The van der Waals surface area contributed by atoms with E-state index in [0.717, 1.165) is 30.5 Å². The Bertz CT molecular complexity index is 461. The lowest BCUT2D eigenvalue weighted by atomic mass is 10.2. The number of ether oxygens (including phenoxy) is 2. The summed E-state index contributed by atoms with van der Waals surface area (Å²) in [6.45, 7) is 10.7. The van der Waals surface area contributed by atoms with Gasteiger partial charge in [0.2, 0.25) is 0 Å². The van der Waals surface area contributed by atoms with Crippen molar-refractivity contribution in [2.24, 2.45) is 10.9 Å². The molecule has 5 heteroatoms. The molecular weight excluding hydrogens is 278 g/mol. The third-order valence-electron chi connectivity index (χ3n) is 2.91. The molecule has 1 aromatic carbocycles. The summed E-state index contributed by atoms with van der Waals surface area (Å²) in [5.41, 5.74) is 0. The van der Waals surface area contributed by atoms with Gasteiger partial charge in [0, 0.05) is 13.1 Å². The third-order valence-corrected chi connectivity index (χ3v) is 2.91. The van der Waals surface area contributed by atoms with Crippen LogP contribution in [0.15, 0.2) is 29.3 Å². The maximum absolute atomic E-state index is 5.92. The molecule has 0 saturated carbocycles. The predicted octanol–water partition coefficient (Wildman–Crippen LogP) is 2.67. The molecule has 1 atom stereocenters. The van der Waals surface area contributed by atoms with Crippen molar-refractivity contribution in [3.8, 4) is 11.5 Å². The van der Waals surface area contributed by atoms with E-state index in [2.05, 4.69) is 36.4 Å². The topological polar surface area (TPSA) is 54.9 Å². The van der Waals surface area contributed by atoms with Crippen molar-refractivity contribution in [2.75, 3.05) is 26.7 Å². The summed E-state index contributed by atoms with van der Waals surface area (Å²) < 4.78 is 11.2. The van der Waals surface area contributed by atoms with Gasteiger partial charge in [-0.15, -0.1) is 0 Å². The highest BCUT2D eigenvalue weighted by atomic mass is 16.5. The van der Waals surface area contributed by atoms with Crippen molar-refractivity contribution in [3.05, 3.63) is 24.3 Å². The fourth-order valence-electron chi connectivity index (χ4n) is 1.83. The molecule has 0 aliphatic carbocycles. The van der Waals surface area contributed by atoms with E-state index < -0.39 is 0 Å². The van der Waals surface area contributed by atoms with Crippen LogP contribution in [0.3, 0.4) is 0 Å². The minimum atomic E-state index is -0.000735. The van der Waals surface area contributed by atoms with Crippen LogP contribution < -0.4 is 20.1 Å². The molecule has 1 aromatic rings. The van der Waals surface area contributed by atoms with Crippen LogP contribution >= 0.6 is 0 Å². The molecule has 0 spiro atoms. The molecular formula is C17H29N3O2. The SMILES string of the molecule is CCNC(=NCC(C)C)NCC(C)Oc1ccccc1OC. The second-order valence-electron chi connectivity index (χ2n) is 5.57. The van der Waals surface area contributed by atoms with Gasteiger partial charge in [-0.2, -0.15) is 0 Å². The number of hydrogen-bond acceptors (Lipinski definition) is 3. The van der Waals surface area contributed by atoms with Crippen LogP contribution in [-0.2, 0) is 0 Å². The van der Waals surface area contributed by atoms with Crippen molar-refractivity contribution in [1.29, 1.82) is 0 Å². The van der Waals surface area contributed by atoms with Gasteiger partial charge in [-0.1, -0.05) is 26.0 Å². The van der Waals surface area contributed by atoms with Gasteiger partial charge < -0.3 is 20.1 Å². The summed E-state index contributed by atoms with van der Waals surface area (Å²) in [4.78, 5) is 4.54. The molecule has 0 amide bonds. The molecule has 124 valence electrons. The van der Waals surface area contributed by atoms with Crippen molar-refractivity contribution in [3.63, 3.8) is 0 Å². The standard InChI is InChI=1S/C17H29N3O2/c1-6-18-17(19-11-13(2)3)20-12-14(4)22-16-10-8-7-9-15(16)21-5/h7-10,13-14H,6,11-12H2,1-5H3,(H2,18,19,20). The summed E-state index contributed by atoms with van der Waals surface area (Å²) >= 11 is 0. The van der Waals surface area contributed by atoms with E-state index in [4.69, 9.17) is 9.47 Å². The van der Waals surface area contributed by atoms with Crippen LogP contribution in [0.4, 0.5) is 0 Å². The lowest BCUT2D eigenvalue weighted by Gasteiger charge is -2.19. The maximum atomic E-state index is 5.92. The quantitative estimate of drug-likeness (QED) is 0.573. The van der Waals surface area contributed by atoms with E-state index in [1.807, 2.05) is 31.2 Å². The van der Waals surface area contributed by atoms with Gasteiger partial charge in [0.05, 0.1) is 13.7 Å². The number of nitrogens with zero attached hydrogens (tertiary/aromatic N) is 1. The average molecular weight is 307 g/mol. The summed E-state index contributed by atoms with van der Waals surface area (Å²) in [6, 6.07) is 7.67. The van der Waals surface area contributed by atoms with Gasteiger partial charge in [0.15, 0.2) is 17.5 Å². The number of methoxy groups -OCH3 is 1. The number of guanidine groups is 1. The van der Waals surface area contributed by atoms with Gasteiger partial charge in [-0.3, -0.25) is 4.99 Å². The highest BCUT2D eigenvalue weighted by molar-refractivity contribution is 5.79. The predicted molar refractivity (Wildman–Crippen MR) is 91.9 cm³/mol. The monoisotopic (exact) mass is 307 g/mol. The van der Waals surface area contributed by atoms with Gasteiger partial charge in [-0.05, 0) is 31.9 Å². The van der Waals surface area contributed by atoms with Gasteiger partial charge in [0.25, 0.3) is 0 Å². The Morgan fingerprint density at radius 3 is 2.41 bits per heavy atom. The molecule has 1 rings (SSSR count). The fraction of sp³-hybridized carbons (Fsp3) is 0.588. The summed E-state index contributed by atoms with van der Waals surface area (Å²) in [7, 11) is 1.65. The van der Waals surface area contributed by atoms with E-state index in [9.17, 15) is 0 Å². The second kappa shape index (κ2) is 9.92. The zero-order valence-corrected chi connectivity index (χ0v) is 14.3. The molecule has 2 N–H and O–H groups in total. The molecule has 0 aromatic heterocycles. The fourth-order valence-corrected chi connectivity index (χ4v) is 1.83. The molecule has 1 unspecified atom stereocenters. The number of nitrogens with one attached hydrogen (secondary N) is 2. The molecule has 0 aliphatic rings. The highest BCUT2D eigenvalue weighted by Gasteiger charge is 2.09. The van der Waals surface area contributed by atoms with Crippen molar-refractivity contribution in [1.82, 2.24) is 10.6 Å². The molecule has 0 radical (unpaired) electrons. The Balaban J connectivity index is 2.52.